The van der Waals surface area contributed by atoms with Gasteiger partial charge in [0.05, 0.1) is 16.3 Å². The number of hydrogen-bond donors (Lipinski definition) is 1. The van der Waals surface area contributed by atoms with Crippen LogP contribution in [-0.4, -0.2) is 30.3 Å². The maximum absolute atomic E-state index is 5.95. The van der Waals surface area contributed by atoms with Crippen LogP contribution in [-0.2, 0) is 16.6 Å². The predicted molar refractivity (Wildman–Crippen MR) is 81.0 cm³/mol. The van der Waals surface area contributed by atoms with Crippen LogP contribution in [0.3, 0.4) is 0 Å². The molecule has 2 heterocycles. The Morgan fingerprint density at radius 3 is 2.74 bits per heavy atom. The molecule has 1 aliphatic heterocycles. The summed E-state index contributed by atoms with van der Waals surface area (Å²) in [6, 6.07) is 0.342. The number of nitrogens with one attached hydrogen (secondary N) is 1. The zero-order valence-electron chi connectivity index (χ0n) is 12.7. The minimum atomic E-state index is -0.0394. The lowest BCUT2D eigenvalue weighted by atomic mass is 9.90. The molecular formula is C15H26N2OS. The number of nitrogens with zero attached hydrogens (tertiary/aromatic N) is 1. The fourth-order valence-corrected chi connectivity index (χ4v) is 3.69. The van der Waals surface area contributed by atoms with Gasteiger partial charge in [-0.1, -0.05) is 20.8 Å². The second-order valence-electron chi connectivity index (χ2n) is 6.69. The first kappa shape index (κ1) is 14.9. The molecule has 1 aliphatic rings. The predicted octanol–water partition coefficient (Wildman–Crippen LogP) is 3.14. The van der Waals surface area contributed by atoms with Crippen molar-refractivity contribution in [3.05, 3.63) is 16.1 Å². The quantitative estimate of drug-likeness (QED) is 0.921. The van der Waals surface area contributed by atoms with E-state index < -0.39 is 0 Å². The summed E-state index contributed by atoms with van der Waals surface area (Å²) in [5, 5.41) is 6.83. The van der Waals surface area contributed by atoms with E-state index in [0.29, 0.717) is 6.04 Å². The monoisotopic (exact) mass is 282 g/mol. The Balaban J connectivity index is 2.08. The van der Waals surface area contributed by atoms with Crippen LogP contribution >= 0.6 is 11.3 Å². The van der Waals surface area contributed by atoms with Gasteiger partial charge in [0.1, 0.15) is 0 Å². The third kappa shape index (κ3) is 3.36. The first-order valence-electron chi connectivity index (χ1n) is 7.11. The molecule has 0 amide bonds. The normalized spacial score (nSPS) is 25.7. The van der Waals surface area contributed by atoms with Gasteiger partial charge in [-0.15, -0.1) is 11.3 Å². The summed E-state index contributed by atoms with van der Waals surface area (Å²) in [4.78, 5) is 4.79. The molecule has 108 valence electrons. The lowest BCUT2D eigenvalue weighted by Crippen LogP contribution is -2.48. The largest absolute Gasteiger partial charge is 0.374 e. The zero-order chi connectivity index (χ0) is 14.1. The summed E-state index contributed by atoms with van der Waals surface area (Å²) in [5.74, 6) is 0. The van der Waals surface area contributed by atoms with Crippen molar-refractivity contribution in [2.24, 2.45) is 0 Å². The first-order valence-corrected chi connectivity index (χ1v) is 7.99. The molecule has 1 N–H and O–H groups in total. The average molecular weight is 282 g/mol. The molecule has 1 saturated heterocycles. The molecule has 2 atom stereocenters. The Morgan fingerprint density at radius 2 is 2.26 bits per heavy atom. The number of likely N-dealkylation sites (N-methyl/N-ethyl adjacent to an activating group) is 1. The van der Waals surface area contributed by atoms with E-state index in [-0.39, 0.29) is 11.0 Å². The van der Waals surface area contributed by atoms with Crippen molar-refractivity contribution in [2.45, 2.75) is 64.0 Å². The molecule has 1 aromatic rings. The van der Waals surface area contributed by atoms with E-state index in [1.54, 1.807) is 11.3 Å². The van der Waals surface area contributed by atoms with Gasteiger partial charge in [0.2, 0.25) is 0 Å². The summed E-state index contributed by atoms with van der Waals surface area (Å²) in [6.45, 7) is 9.74. The SMILES string of the molecule is CNC(Cc1nc(C(C)(C)C)cs1)C1(C)CCCO1. The molecular weight excluding hydrogens is 256 g/mol. The van der Waals surface area contributed by atoms with Gasteiger partial charge in [-0.25, -0.2) is 4.98 Å². The Bertz CT molecular complexity index is 416. The van der Waals surface area contributed by atoms with Gasteiger partial charge in [0.25, 0.3) is 0 Å². The molecule has 1 aromatic heterocycles. The molecule has 19 heavy (non-hydrogen) atoms. The standard InChI is InChI=1S/C15H26N2OS/c1-14(2,3)12-10-19-13(17-12)9-11(16-5)15(4)7-6-8-18-15/h10-11,16H,6-9H2,1-5H3. The highest BCUT2D eigenvalue weighted by Gasteiger charge is 2.38. The highest BCUT2D eigenvalue weighted by atomic mass is 32.1. The van der Waals surface area contributed by atoms with Crippen molar-refractivity contribution in [3.63, 3.8) is 0 Å². The smallest absolute Gasteiger partial charge is 0.0945 e. The number of ether oxygens (including phenoxy) is 1. The van der Waals surface area contributed by atoms with Crippen molar-refractivity contribution in [2.75, 3.05) is 13.7 Å². The van der Waals surface area contributed by atoms with Gasteiger partial charge in [-0.2, -0.15) is 0 Å². The first-order chi connectivity index (χ1) is 8.85. The van der Waals surface area contributed by atoms with Crippen molar-refractivity contribution >= 4 is 11.3 Å². The Kier molecular flexibility index (Phi) is 4.33. The van der Waals surface area contributed by atoms with Gasteiger partial charge >= 0.3 is 0 Å². The topological polar surface area (TPSA) is 34.2 Å². The van der Waals surface area contributed by atoms with Crippen LogP contribution in [0.25, 0.3) is 0 Å². The van der Waals surface area contributed by atoms with Crippen LogP contribution in [0.15, 0.2) is 5.38 Å². The van der Waals surface area contributed by atoms with E-state index in [4.69, 9.17) is 9.72 Å². The number of rotatable bonds is 4. The van der Waals surface area contributed by atoms with E-state index in [2.05, 4.69) is 38.4 Å². The van der Waals surface area contributed by atoms with Crippen molar-refractivity contribution < 1.29 is 4.74 Å². The molecule has 0 bridgehead atoms. The van der Waals surface area contributed by atoms with Crippen LogP contribution in [0.1, 0.15) is 51.2 Å². The zero-order valence-corrected chi connectivity index (χ0v) is 13.6. The number of aromatic nitrogens is 1. The number of thiazole rings is 1. The molecule has 0 radical (unpaired) electrons. The Morgan fingerprint density at radius 1 is 1.53 bits per heavy atom. The van der Waals surface area contributed by atoms with Gasteiger partial charge in [0.15, 0.2) is 0 Å². The maximum atomic E-state index is 5.95. The highest BCUT2D eigenvalue weighted by Crippen LogP contribution is 2.31. The minimum absolute atomic E-state index is 0.0394. The average Bonchev–Trinajstić information content (AvgIpc) is 2.94. The molecule has 0 aliphatic carbocycles. The van der Waals surface area contributed by atoms with E-state index in [1.165, 1.54) is 17.1 Å². The molecule has 2 unspecified atom stereocenters. The maximum Gasteiger partial charge on any atom is 0.0945 e. The lowest BCUT2D eigenvalue weighted by Gasteiger charge is -2.32. The van der Waals surface area contributed by atoms with Gasteiger partial charge in [0, 0.05) is 29.9 Å². The third-order valence-corrected chi connectivity index (χ3v) is 4.90. The summed E-state index contributed by atoms with van der Waals surface area (Å²) in [6.07, 6.45) is 3.25. The van der Waals surface area contributed by atoms with E-state index >= 15 is 0 Å². The van der Waals surface area contributed by atoms with Gasteiger partial charge in [-0.05, 0) is 26.8 Å². The Hall–Kier alpha value is -0.450. The second kappa shape index (κ2) is 5.51. The lowest BCUT2D eigenvalue weighted by molar-refractivity contribution is -0.00945. The minimum Gasteiger partial charge on any atom is -0.374 e. The molecule has 0 saturated carbocycles. The fraction of sp³-hybridized carbons (Fsp3) is 0.800. The molecule has 0 aromatic carbocycles. The molecule has 0 spiro atoms. The summed E-state index contributed by atoms with van der Waals surface area (Å²) >= 11 is 1.77. The second-order valence-corrected chi connectivity index (χ2v) is 7.63. The summed E-state index contributed by atoms with van der Waals surface area (Å²) in [5.41, 5.74) is 1.29. The molecule has 3 nitrogen and oxygen atoms in total. The van der Waals surface area contributed by atoms with E-state index in [1.807, 2.05) is 7.05 Å². The molecule has 1 fully saturated rings. The van der Waals surface area contributed by atoms with Crippen molar-refractivity contribution in [1.82, 2.24) is 10.3 Å². The van der Waals surface area contributed by atoms with Crippen LogP contribution in [0, 0.1) is 0 Å². The summed E-state index contributed by atoms with van der Waals surface area (Å²) in [7, 11) is 2.02. The van der Waals surface area contributed by atoms with E-state index in [0.717, 1.165) is 19.4 Å². The van der Waals surface area contributed by atoms with Crippen LogP contribution in [0.2, 0.25) is 0 Å². The van der Waals surface area contributed by atoms with Gasteiger partial charge in [-0.3, -0.25) is 0 Å². The highest BCUT2D eigenvalue weighted by molar-refractivity contribution is 7.09. The Labute approximate surface area is 120 Å². The third-order valence-electron chi connectivity index (χ3n) is 4.03. The molecule has 4 heteroatoms. The van der Waals surface area contributed by atoms with Crippen LogP contribution in [0.4, 0.5) is 0 Å². The van der Waals surface area contributed by atoms with Crippen LogP contribution in [0.5, 0.6) is 0 Å². The molecule has 2 rings (SSSR count). The van der Waals surface area contributed by atoms with E-state index in [9.17, 15) is 0 Å². The van der Waals surface area contributed by atoms with Crippen molar-refractivity contribution in [1.29, 1.82) is 0 Å². The van der Waals surface area contributed by atoms with Crippen molar-refractivity contribution in [3.8, 4) is 0 Å². The fourth-order valence-electron chi connectivity index (χ4n) is 2.62. The van der Waals surface area contributed by atoms with Gasteiger partial charge < -0.3 is 10.1 Å². The number of hydrogen-bond acceptors (Lipinski definition) is 4. The van der Waals surface area contributed by atoms with Crippen LogP contribution < -0.4 is 5.32 Å². The summed E-state index contributed by atoms with van der Waals surface area (Å²) < 4.78 is 5.95.